The number of carbonyl (C=O) groups is 1. The van der Waals surface area contributed by atoms with Crippen LogP contribution < -0.4 is 10.1 Å². The van der Waals surface area contributed by atoms with Crippen molar-refractivity contribution in [2.75, 3.05) is 26.1 Å². The average Bonchev–Trinajstić information content (AvgIpc) is 3.38. The van der Waals surface area contributed by atoms with Crippen molar-refractivity contribution in [1.82, 2.24) is 24.4 Å². The number of hydrogen-bond acceptors (Lipinski definition) is 7. The van der Waals surface area contributed by atoms with E-state index in [1.165, 1.54) is 29.6 Å². The zero-order valence-corrected chi connectivity index (χ0v) is 18.2. The van der Waals surface area contributed by atoms with Crippen molar-refractivity contribution in [2.24, 2.45) is 0 Å². The van der Waals surface area contributed by atoms with E-state index >= 15 is 0 Å². The van der Waals surface area contributed by atoms with E-state index < -0.39 is 12.0 Å². The second-order valence-corrected chi connectivity index (χ2v) is 7.40. The Labute approximate surface area is 188 Å². The first kappa shape index (κ1) is 21.8. The molecule has 166 valence electrons. The van der Waals surface area contributed by atoms with Gasteiger partial charge in [0.25, 0.3) is 5.91 Å². The van der Waals surface area contributed by atoms with Crippen molar-refractivity contribution in [2.45, 2.75) is 12.6 Å². The Morgan fingerprint density at radius 3 is 2.97 bits per heavy atom. The molecule has 0 aliphatic carbocycles. The third-order valence-electron chi connectivity index (χ3n) is 4.71. The molecule has 1 amide bonds. The van der Waals surface area contributed by atoms with Gasteiger partial charge in [0.05, 0.1) is 38.2 Å². The van der Waals surface area contributed by atoms with Gasteiger partial charge in [0.15, 0.2) is 5.65 Å². The molecule has 0 spiro atoms. The molecule has 0 saturated heterocycles. The van der Waals surface area contributed by atoms with Crippen molar-refractivity contribution < 1.29 is 19.4 Å². The fourth-order valence-electron chi connectivity index (χ4n) is 3.31. The van der Waals surface area contributed by atoms with E-state index in [9.17, 15) is 9.90 Å². The van der Waals surface area contributed by atoms with Crippen LogP contribution in [0.3, 0.4) is 0 Å². The van der Waals surface area contributed by atoms with Gasteiger partial charge in [-0.3, -0.25) is 9.48 Å². The highest BCUT2D eigenvalue weighted by atomic mass is 35.5. The second kappa shape index (κ2) is 9.35. The Morgan fingerprint density at radius 1 is 1.34 bits per heavy atom. The molecule has 4 rings (SSSR count). The fraction of sp³-hybridized carbons (Fsp3) is 0.238. The number of fused-ring (bicyclic) bond motifs is 1. The zero-order chi connectivity index (χ0) is 22.7. The van der Waals surface area contributed by atoms with Gasteiger partial charge < -0.3 is 19.9 Å². The van der Waals surface area contributed by atoms with Gasteiger partial charge in [-0.2, -0.15) is 10.2 Å². The lowest BCUT2D eigenvalue weighted by atomic mass is 10.1. The largest absolute Gasteiger partial charge is 0.496 e. The topological polar surface area (TPSA) is 116 Å². The molecule has 1 aromatic carbocycles. The van der Waals surface area contributed by atoms with E-state index in [0.29, 0.717) is 38.9 Å². The normalized spacial score (nSPS) is 12.1. The van der Waals surface area contributed by atoms with Crippen LogP contribution in [0.5, 0.6) is 5.75 Å². The molecule has 0 aliphatic heterocycles. The molecule has 4 aromatic rings. The molecule has 3 heterocycles. The molecule has 32 heavy (non-hydrogen) atoms. The fourth-order valence-corrected chi connectivity index (χ4v) is 3.48. The van der Waals surface area contributed by atoms with Gasteiger partial charge in [0, 0.05) is 36.3 Å². The average molecular weight is 457 g/mol. The monoisotopic (exact) mass is 456 g/mol. The predicted molar refractivity (Wildman–Crippen MR) is 118 cm³/mol. The lowest BCUT2D eigenvalue weighted by Gasteiger charge is -2.10. The maximum Gasteiger partial charge on any atom is 0.261 e. The Bertz CT molecular complexity index is 1250. The SMILES string of the molecule is COCC(O)Cn1cc(NC(=O)c2cnn3cccnc23)c(-c2cc(Cl)ccc2OC)n1. The number of hydrogen-bond donors (Lipinski definition) is 2. The van der Waals surface area contributed by atoms with Crippen LogP contribution in [0.4, 0.5) is 5.69 Å². The molecule has 3 aromatic heterocycles. The number of nitrogens with zero attached hydrogens (tertiary/aromatic N) is 5. The standard InChI is InChI=1S/C21H21ClN6O4/c1-31-12-14(29)10-27-11-17(19(26-27)15-8-13(22)4-5-18(15)32-2)25-21(30)16-9-24-28-7-3-6-23-20(16)28/h3-9,11,14,29H,10,12H2,1-2H3,(H,25,30). The minimum Gasteiger partial charge on any atom is -0.496 e. The Hall–Kier alpha value is -3.47. The molecule has 11 heteroatoms. The van der Waals surface area contributed by atoms with Crippen LogP contribution >= 0.6 is 11.6 Å². The van der Waals surface area contributed by atoms with Gasteiger partial charge in [-0.25, -0.2) is 9.50 Å². The van der Waals surface area contributed by atoms with Crippen LogP contribution in [0.2, 0.25) is 5.02 Å². The summed E-state index contributed by atoms with van der Waals surface area (Å²) in [6, 6.07) is 6.84. The molecular weight excluding hydrogens is 436 g/mol. The Balaban J connectivity index is 1.73. The number of methoxy groups -OCH3 is 2. The third-order valence-corrected chi connectivity index (χ3v) is 4.94. The summed E-state index contributed by atoms with van der Waals surface area (Å²) in [6.07, 6.45) is 5.60. The van der Waals surface area contributed by atoms with Crippen molar-refractivity contribution in [3.05, 3.63) is 59.6 Å². The highest BCUT2D eigenvalue weighted by Gasteiger charge is 2.21. The van der Waals surface area contributed by atoms with E-state index in [1.807, 2.05) is 0 Å². The molecule has 1 atom stereocenters. The summed E-state index contributed by atoms with van der Waals surface area (Å²) in [4.78, 5) is 17.3. The molecular formula is C21H21ClN6O4. The summed E-state index contributed by atoms with van der Waals surface area (Å²) in [5, 5.41) is 22.2. The van der Waals surface area contributed by atoms with E-state index in [1.54, 1.807) is 42.9 Å². The van der Waals surface area contributed by atoms with Gasteiger partial charge >= 0.3 is 0 Å². The molecule has 0 fully saturated rings. The highest BCUT2D eigenvalue weighted by molar-refractivity contribution is 6.31. The summed E-state index contributed by atoms with van der Waals surface area (Å²) in [5.41, 5.74) is 2.17. The summed E-state index contributed by atoms with van der Waals surface area (Å²) in [5.74, 6) is 0.128. The van der Waals surface area contributed by atoms with Crippen LogP contribution in [0, 0.1) is 0 Å². The smallest absolute Gasteiger partial charge is 0.261 e. The number of aliphatic hydroxyl groups is 1. The molecule has 2 N–H and O–H groups in total. The Kier molecular flexibility index (Phi) is 6.35. The maximum atomic E-state index is 13.1. The number of anilines is 1. The van der Waals surface area contributed by atoms with Gasteiger partial charge in [-0.1, -0.05) is 11.6 Å². The number of amides is 1. The number of ether oxygens (including phenoxy) is 2. The van der Waals surface area contributed by atoms with Crippen LogP contribution in [0.15, 0.2) is 49.1 Å². The summed E-state index contributed by atoms with van der Waals surface area (Å²) < 4.78 is 13.5. The first-order valence-electron chi connectivity index (χ1n) is 9.68. The van der Waals surface area contributed by atoms with Crippen molar-refractivity contribution in [3.8, 4) is 17.0 Å². The van der Waals surface area contributed by atoms with Crippen LogP contribution in [-0.2, 0) is 11.3 Å². The second-order valence-electron chi connectivity index (χ2n) is 6.97. The number of aliphatic hydroxyl groups excluding tert-OH is 1. The van der Waals surface area contributed by atoms with Crippen LogP contribution in [0.1, 0.15) is 10.4 Å². The van der Waals surface area contributed by atoms with Crippen LogP contribution in [-0.4, -0.2) is 62.3 Å². The number of carbonyl (C=O) groups excluding carboxylic acids is 1. The van der Waals surface area contributed by atoms with E-state index in [2.05, 4.69) is 20.5 Å². The number of rotatable bonds is 8. The molecule has 0 saturated carbocycles. The van der Waals surface area contributed by atoms with Gasteiger partial charge in [-0.15, -0.1) is 0 Å². The van der Waals surface area contributed by atoms with Gasteiger partial charge in [0.1, 0.15) is 17.0 Å². The van der Waals surface area contributed by atoms with Crippen molar-refractivity contribution >= 4 is 28.8 Å². The molecule has 0 aliphatic rings. The highest BCUT2D eigenvalue weighted by Crippen LogP contribution is 2.36. The third kappa shape index (κ3) is 4.42. The minimum absolute atomic E-state index is 0.144. The lowest BCUT2D eigenvalue weighted by Crippen LogP contribution is -2.21. The Morgan fingerprint density at radius 2 is 2.19 bits per heavy atom. The first-order valence-corrected chi connectivity index (χ1v) is 10.1. The molecule has 1 unspecified atom stereocenters. The number of halogens is 1. The number of nitrogens with one attached hydrogen (secondary N) is 1. The predicted octanol–water partition coefficient (Wildman–Crippen LogP) is 2.51. The van der Waals surface area contributed by atoms with Gasteiger partial charge in [-0.05, 0) is 24.3 Å². The first-order chi connectivity index (χ1) is 15.5. The van der Waals surface area contributed by atoms with E-state index in [4.69, 9.17) is 21.1 Å². The summed E-state index contributed by atoms with van der Waals surface area (Å²) in [7, 11) is 3.04. The number of aromatic nitrogens is 5. The maximum absolute atomic E-state index is 13.1. The van der Waals surface area contributed by atoms with Crippen molar-refractivity contribution in [3.63, 3.8) is 0 Å². The molecule has 0 bridgehead atoms. The quantitative estimate of drug-likeness (QED) is 0.418. The van der Waals surface area contributed by atoms with Gasteiger partial charge in [0.2, 0.25) is 0 Å². The van der Waals surface area contributed by atoms with Crippen molar-refractivity contribution in [1.29, 1.82) is 0 Å². The zero-order valence-electron chi connectivity index (χ0n) is 17.4. The number of benzene rings is 1. The minimum atomic E-state index is -0.777. The van der Waals surface area contributed by atoms with Crippen LogP contribution in [0.25, 0.3) is 16.9 Å². The van der Waals surface area contributed by atoms with E-state index in [-0.39, 0.29) is 13.2 Å². The summed E-state index contributed by atoms with van der Waals surface area (Å²) >= 11 is 6.21. The molecule has 10 nitrogen and oxygen atoms in total. The summed E-state index contributed by atoms with van der Waals surface area (Å²) in [6.45, 7) is 0.309. The van der Waals surface area contributed by atoms with E-state index in [0.717, 1.165) is 0 Å². The lowest BCUT2D eigenvalue weighted by molar-refractivity contribution is 0.0514. The molecule has 0 radical (unpaired) electrons.